The molecule has 0 aliphatic heterocycles. The Balaban J connectivity index is 2.24. The molecule has 17 heavy (non-hydrogen) atoms. The molecule has 1 rings (SSSR count). The van der Waals surface area contributed by atoms with E-state index in [0.29, 0.717) is 19.3 Å². The summed E-state index contributed by atoms with van der Waals surface area (Å²) in [5, 5.41) is 13.2. The minimum absolute atomic E-state index is 0.238. The first-order valence-corrected chi connectivity index (χ1v) is 6.65. The number of aliphatic hydroxyl groups is 1. The quantitative estimate of drug-likeness (QED) is 0.710. The van der Waals surface area contributed by atoms with Gasteiger partial charge in [-0.2, -0.15) is 0 Å². The molecule has 1 aliphatic rings. The van der Waals surface area contributed by atoms with Crippen LogP contribution in [0.25, 0.3) is 0 Å². The van der Waals surface area contributed by atoms with Crippen molar-refractivity contribution in [1.29, 1.82) is 0 Å². The lowest BCUT2D eigenvalue weighted by Gasteiger charge is -2.31. The van der Waals surface area contributed by atoms with Crippen LogP contribution in [0.4, 0.5) is 0 Å². The zero-order chi connectivity index (χ0) is 12.7. The summed E-state index contributed by atoms with van der Waals surface area (Å²) in [6.07, 6.45) is 4.88. The highest BCUT2D eigenvalue weighted by atomic mass is 16.5. The summed E-state index contributed by atoms with van der Waals surface area (Å²) in [7, 11) is 1.76. The van der Waals surface area contributed by atoms with Crippen molar-refractivity contribution in [3.05, 3.63) is 0 Å². The number of nitrogens with one attached hydrogen (secondary N) is 1. The molecule has 2 N–H and O–H groups in total. The first-order valence-electron chi connectivity index (χ1n) is 6.65. The number of likely N-dealkylation sites (N-methyl/N-ethyl adjacent to an activating group) is 1. The van der Waals surface area contributed by atoms with Gasteiger partial charge in [-0.1, -0.05) is 6.92 Å². The van der Waals surface area contributed by atoms with E-state index in [1.165, 1.54) is 0 Å². The Morgan fingerprint density at radius 3 is 2.71 bits per heavy atom. The van der Waals surface area contributed by atoms with Gasteiger partial charge in [0.2, 0.25) is 0 Å². The fraction of sp³-hybridized carbons (Fsp3) is 1.00. The molecule has 0 aromatic rings. The van der Waals surface area contributed by atoms with Crippen molar-refractivity contribution in [3.63, 3.8) is 0 Å². The number of rotatable bonds is 7. The second-order valence-electron chi connectivity index (χ2n) is 5.23. The third kappa shape index (κ3) is 5.82. The third-order valence-electron chi connectivity index (χ3n) is 3.30. The average Bonchev–Trinajstić information content (AvgIpc) is 2.34. The first-order chi connectivity index (χ1) is 8.07. The number of hydrogen-bond acceptors (Lipinski definition) is 4. The van der Waals surface area contributed by atoms with Crippen molar-refractivity contribution >= 4 is 0 Å². The molecule has 0 saturated heterocycles. The lowest BCUT2D eigenvalue weighted by Crippen LogP contribution is -2.43. The van der Waals surface area contributed by atoms with E-state index in [4.69, 9.17) is 9.47 Å². The number of methoxy groups -OCH3 is 1. The Morgan fingerprint density at radius 1 is 1.35 bits per heavy atom. The Bertz CT molecular complexity index is 209. The van der Waals surface area contributed by atoms with Crippen molar-refractivity contribution in [2.75, 3.05) is 26.8 Å². The van der Waals surface area contributed by atoms with Gasteiger partial charge in [-0.15, -0.1) is 0 Å². The Labute approximate surface area is 105 Å². The summed E-state index contributed by atoms with van der Waals surface area (Å²) >= 11 is 0. The third-order valence-corrected chi connectivity index (χ3v) is 3.30. The molecule has 0 aromatic carbocycles. The van der Waals surface area contributed by atoms with E-state index in [0.717, 1.165) is 32.2 Å². The fourth-order valence-corrected chi connectivity index (χ4v) is 2.21. The number of hydrogen-bond donors (Lipinski definition) is 2. The van der Waals surface area contributed by atoms with Gasteiger partial charge in [-0.3, -0.25) is 0 Å². The smallest absolute Gasteiger partial charge is 0.0975 e. The van der Waals surface area contributed by atoms with Gasteiger partial charge in [0.05, 0.1) is 24.4 Å². The number of ether oxygens (including phenoxy) is 2. The molecule has 1 aliphatic carbocycles. The van der Waals surface area contributed by atoms with Crippen molar-refractivity contribution in [1.82, 2.24) is 5.32 Å². The Kier molecular flexibility index (Phi) is 6.41. The summed E-state index contributed by atoms with van der Waals surface area (Å²) in [5.74, 6) is 0. The van der Waals surface area contributed by atoms with Gasteiger partial charge in [-0.05, 0) is 39.2 Å². The standard InChI is InChI=1S/C13H27NO3/c1-4-14-9-13(2,15)10-17-12-7-5-6-11(8-12)16-3/h11-12,14-15H,4-10H2,1-3H3. The minimum atomic E-state index is -0.782. The van der Waals surface area contributed by atoms with Crippen molar-refractivity contribution in [3.8, 4) is 0 Å². The molecule has 0 amide bonds. The van der Waals surface area contributed by atoms with E-state index in [9.17, 15) is 5.11 Å². The first kappa shape index (κ1) is 14.9. The summed E-state index contributed by atoms with van der Waals surface area (Å²) in [6, 6.07) is 0. The molecule has 4 heteroatoms. The largest absolute Gasteiger partial charge is 0.386 e. The van der Waals surface area contributed by atoms with Gasteiger partial charge in [-0.25, -0.2) is 0 Å². The van der Waals surface area contributed by atoms with Gasteiger partial charge in [0, 0.05) is 13.7 Å². The van der Waals surface area contributed by atoms with Crippen LogP contribution in [-0.2, 0) is 9.47 Å². The Morgan fingerprint density at radius 2 is 2.06 bits per heavy atom. The SMILES string of the molecule is CCNCC(C)(O)COC1CCCC(OC)C1. The summed E-state index contributed by atoms with van der Waals surface area (Å²) in [6.45, 7) is 5.67. The molecular formula is C13H27NO3. The highest BCUT2D eigenvalue weighted by Gasteiger charge is 2.26. The minimum Gasteiger partial charge on any atom is -0.386 e. The van der Waals surface area contributed by atoms with Crippen LogP contribution in [0.15, 0.2) is 0 Å². The molecule has 0 spiro atoms. The van der Waals surface area contributed by atoms with Crippen LogP contribution in [0.5, 0.6) is 0 Å². The molecule has 0 radical (unpaired) electrons. The van der Waals surface area contributed by atoms with E-state index in [1.54, 1.807) is 7.11 Å². The van der Waals surface area contributed by atoms with Gasteiger partial charge < -0.3 is 19.9 Å². The van der Waals surface area contributed by atoms with Crippen LogP contribution in [0.2, 0.25) is 0 Å². The van der Waals surface area contributed by atoms with Crippen LogP contribution >= 0.6 is 0 Å². The van der Waals surface area contributed by atoms with Crippen molar-refractivity contribution in [2.45, 2.75) is 57.3 Å². The molecule has 4 nitrogen and oxygen atoms in total. The second kappa shape index (κ2) is 7.31. The monoisotopic (exact) mass is 245 g/mol. The van der Waals surface area contributed by atoms with Crippen LogP contribution < -0.4 is 5.32 Å². The van der Waals surface area contributed by atoms with Gasteiger partial charge in [0.15, 0.2) is 0 Å². The van der Waals surface area contributed by atoms with E-state index in [2.05, 4.69) is 5.32 Å². The van der Waals surface area contributed by atoms with Crippen LogP contribution in [0, 0.1) is 0 Å². The maximum atomic E-state index is 10.1. The molecule has 1 fully saturated rings. The van der Waals surface area contributed by atoms with Gasteiger partial charge >= 0.3 is 0 Å². The molecule has 3 unspecified atom stereocenters. The summed E-state index contributed by atoms with van der Waals surface area (Å²) in [5.41, 5.74) is -0.782. The molecular weight excluding hydrogens is 218 g/mol. The van der Waals surface area contributed by atoms with E-state index in [1.807, 2.05) is 13.8 Å². The van der Waals surface area contributed by atoms with Crippen LogP contribution in [0.3, 0.4) is 0 Å². The molecule has 0 heterocycles. The lowest BCUT2D eigenvalue weighted by atomic mass is 9.94. The van der Waals surface area contributed by atoms with E-state index >= 15 is 0 Å². The topological polar surface area (TPSA) is 50.7 Å². The molecule has 0 bridgehead atoms. The highest BCUT2D eigenvalue weighted by molar-refractivity contribution is 4.78. The van der Waals surface area contributed by atoms with Gasteiger partial charge in [0.25, 0.3) is 0 Å². The predicted octanol–water partition coefficient (Wildman–Crippen LogP) is 1.32. The summed E-state index contributed by atoms with van der Waals surface area (Å²) < 4.78 is 11.2. The second-order valence-corrected chi connectivity index (χ2v) is 5.23. The van der Waals surface area contributed by atoms with Crippen LogP contribution in [0.1, 0.15) is 39.5 Å². The van der Waals surface area contributed by atoms with Crippen molar-refractivity contribution < 1.29 is 14.6 Å². The zero-order valence-corrected chi connectivity index (χ0v) is 11.4. The maximum absolute atomic E-state index is 10.1. The van der Waals surface area contributed by atoms with Crippen molar-refractivity contribution in [2.24, 2.45) is 0 Å². The van der Waals surface area contributed by atoms with E-state index in [-0.39, 0.29) is 6.10 Å². The summed E-state index contributed by atoms with van der Waals surface area (Å²) in [4.78, 5) is 0. The Hall–Kier alpha value is -0.160. The molecule has 3 atom stereocenters. The molecule has 1 saturated carbocycles. The molecule has 102 valence electrons. The fourth-order valence-electron chi connectivity index (χ4n) is 2.21. The van der Waals surface area contributed by atoms with Gasteiger partial charge in [0.1, 0.15) is 0 Å². The highest BCUT2D eigenvalue weighted by Crippen LogP contribution is 2.23. The van der Waals surface area contributed by atoms with E-state index < -0.39 is 5.60 Å². The zero-order valence-electron chi connectivity index (χ0n) is 11.4. The van der Waals surface area contributed by atoms with Crippen LogP contribution in [-0.4, -0.2) is 49.7 Å². The average molecular weight is 245 g/mol. The predicted molar refractivity (Wildman–Crippen MR) is 68.2 cm³/mol. The normalized spacial score (nSPS) is 28.9. The maximum Gasteiger partial charge on any atom is 0.0975 e. The molecule has 0 aromatic heterocycles. The lowest BCUT2D eigenvalue weighted by molar-refractivity contribution is -0.0877.